The molecule has 0 saturated heterocycles. The molecule has 2 rings (SSSR count). The topological polar surface area (TPSA) is 32.3 Å². The van der Waals surface area contributed by atoms with Crippen molar-refractivity contribution in [3.8, 4) is 0 Å². The number of nitrogens with one attached hydrogen (secondary N) is 1. The van der Waals surface area contributed by atoms with Gasteiger partial charge in [0.2, 0.25) is 0 Å². The van der Waals surface area contributed by atoms with Crippen molar-refractivity contribution in [1.29, 1.82) is 0 Å². The first-order valence-corrected chi connectivity index (χ1v) is 8.04. The van der Waals surface area contributed by atoms with Crippen LogP contribution in [0.3, 0.4) is 0 Å². The highest BCUT2D eigenvalue weighted by Crippen LogP contribution is 2.37. The Kier molecular flexibility index (Phi) is 5.15. The van der Waals surface area contributed by atoms with Crippen molar-refractivity contribution in [1.82, 2.24) is 0 Å². The normalized spacial score (nSPS) is 18.3. The summed E-state index contributed by atoms with van der Waals surface area (Å²) in [7, 11) is 0. The predicted molar refractivity (Wildman–Crippen MR) is 85.0 cm³/mol. The molecule has 1 aromatic rings. The third-order valence-corrected chi connectivity index (χ3v) is 5.22. The number of aliphatic hydroxyl groups is 1. The summed E-state index contributed by atoms with van der Waals surface area (Å²) < 4.78 is 1.03. The Hall–Kier alpha value is -0.250. The van der Waals surface area contributed by atoms with Crippen LogP contribution in [-0.2, 0) is 0 Å². The molecule has 0 spiro atoms. The van der Waals surface area contributed by atoms with Crippen LogP contribution in [0.2, 0.25) is 5.02 Å². The van der Waals surface area contributed by atoms with Gasteiger partial charge in [0.1, 0.15) is 0 Å². The lowest BCUT2D eigenvalue weighted by molar-refractivity contribution is 0.0944. The second-order valence-corrected chi connectivity index (χ2v) is 6.92. The zero-order valence-corrected chi connectivity index (χ0v) is 13.6. The maximum atomic E-state index is 9.71. The van der Waals surface area contributed by atoms with Gasteiger partial charge in [-0.05, 0) is 53.4 Å². The van der Waals surface area contributed by atoms with E-state index in [-0.39, 0.29) is 12.0 Å². The second-order valence-electron chi connectivity index (χ2n) is 5.65. The van der Waals surface area contributed by atoms with Crippen LogP contribution in [0, 0.1) is 12.3 Å². The van der Waals surface area contributed by atoms with Gasteiger partial charge in [-0.1, -0.05) is 30.9 Å². The molecule has 0 atom stereocenters. The highest BCUT2D eigenvalue weighted by molar-refractivity contribution is 9.10. The third kappa shape index (κ3) is 3.65. The van der Waals surface area contributed by atoms with Gasteiger partial charge < -0.3 is 10.4 Å². The molecule has 1 aliphatic rings. The van der Waals surface area contributed by atoms with Gasteiger partial charge in [0.05, 0.1) is 6.61 Å². The molecule has 0 amide bonds. The molecule has 0 heterocycles. The lowest BCUT2D eigenvalue weighted by Crippen LogP contribution is -2.35. The summed E-state index contributed by atoms with van der Waals surface area (Å²) in [6.45, 7) is 3.06. The van der Waals surface area contributed by atoms with Crippen molar-refractivity contribution in [2.24, 2.45) is 5.41 Å². The molecular weight excluding hydrogens is 326 g/mol. The maximum absolute atomic E-state index is 9.71. The van der Waals surface area contributed by atoms with E-state index < -0.39 is 0 Å². The number of aryl methyl sites for hydroxylation is 1. The number of rotatable bonds is 4. The van der Waals surface area contributed by atoms with E-state index in [4.69, 9.17) is 11.6 Å². The highest BCUT2D eigenvalue weighted by Gasteiger charge is 2.31. The summed E-state index contributed by atoms with van der Waals surface area (Å²) in [5.74, 6) is 0. The number of benzene rings is 1. The number of halogens is 2. The molecule has 4 heteroatoms. The van der Waals surface area contributed by atoms with Gasteiger partial charge >= 0.3 is 0 Å². The number of aliphatic hydroxyl groups excluding tert-OH is 1. The van der Waals surface area contributed by atoms with Crippen LogP contribution < -0.4 is 5.32 Å². The minimum absolute atomic E-state index is 0.0368. The molecule has 106 valence electrons. The Labute approximate surface area is 128 Å². The lowest BCUT2D eigenvalue weighted by Gasteiger charge is -2.36. The fourth-order valence-electron chi connectivity index (χ4n) is 2.76. The summed E-state index contributed by atoms with van der Waals surface area (Å²) >= 11 is 9.73. The minimum Gasteiger partial charge on any atom is -0.396 e. The summed E-state index contributed by atoms with van der Waals surface area (Å²) in [6.07, 6.45) is 5.94. The molecular formula is C15H21BrClNO. The van der Waals surface area contributed by atoms with E-state index in [9.17, 15) is 5.11 Å². The number of anilines is 1. The van der Waals surface area contributed by atoms with E-state index >= 15 is 0 Å². The fraction of sp³-hybridized carbons (Fsp3) is 0.600. The standard InChI is InChI=1S/C15H21BrClNO/c1-11-7-12(16)14(8-13(11)17)18-9-15(10-19)5-3-2-4-6-15/h7-8,18-19H,2-6,9-10H2,1H3. The molecule has 1 saturated carbocycles. The van der Waals surface area contributed by atoms with E-state index in [0.717, 1.165) is 40.1 Å². The van der Waals surface area contributed by atoms with Crippen molar-refractivity contribution in [3.05, 3.63) is 27.2 Å². The Bertz CT molecular complexity index is 444. The molecule has 2 N–H and O–H groups in total. The number of hydrogen-bond donors (Lipinski definition) is 2. The Morgan fingerprint density at radius 1 is 1.32 bits per heavy atom. The largest absolute Gasteiger partial charge is 0.396 e. The third-order valence-electron chi connectivity index (χ3n) is 4.15. The van der Waals surface area contributed by atoms with Crippen LogP contribution in [0.4, 0.5) is 5.69 Å². The molecule has 0 radical (unpaired) electrons. The first-order chi connectivity index (χ1) is 9.06. The van der Waals surface area contributed by atoms with Crippen molar-refractivity contribution in [2.75, 3.05) is 18.5 Å². The Balaban J connectivity index is 2.07. The first kappa shape index (κ1) is 15.1. The average Bonchev–Trinajstić information content (AvgIpc) is 2.42. The molecule has 1 aromatic carbocycles. The van der Waals surface area contributed by atoms with E-state index in [2.05, 4.69) is 21.2 Å². The quantitative estimate of drug-likeness (QED) is 0.823. The average molecular weight is 347 g/mol. The molecule has 1 aliphatic carbocycles. The van der Waals surface area contributed by atoms with Crippen LogP contribution >= 0.6 is 27.5 Å². The predicted octanol–water partition coefficient (Wildman–Crippen LogP) is 4.77. The molecule has 1 fully saturated rings. The van der Waals surface area contributed by atoms with Crippen molar-refractivity contribution >= 4 is 33.2 Å². The zero-order valence-electron chi connectivity index (χ0n) is 11.3. The molecule has 0 aromatic heterocycles. The van der Waals surface area contributed by atoms with Crippen LogP contribution in [0.25, 0.3) is 0 Å². The van der Waals surface area contributed by atoms with Gasteiger partial charge in [0, 0.05) is 27.1 Å². The molecule has 2 nitrogen and oxygen atoms in total. The van der Waals surface area contributed by atoms with E-state index in [1.54, 1.807) is 0 Å². The summed E-state index contributed by atoms with van der Waals surface area (Å²) in [5, 5.41) is 13.9. The van der Waals surface area contributed by atoms with Crippen LogP contribution in [0.1, 0.15) is 37.7 Å². The molecule has 0 aliphatic heterocycles. The van der Waals surface area contributed by atoms with E-state index in [0.29, 0.717) is 0 Å². The van der Waals surface area contributed by atoms with Gasteiger partial charge in [0.25, 0.3) is 0 Å². The van der Waals surface area contributed by atoms with Gasteiger partial charge in [-0.15, -0.1) is 0 Å². The van der Waals surface area contributed by atoms with Crippen molar-refractivity contribution in [3.63, 3.8) is 0 Å². The van der Waals surface area contributed by atoms with Crippen LogP contribution in [0.15, 0.2) is 16.6 Å². The van der Waals surface area contributed by atoms with E-state index in [1.807, 2.05) is 19.1 Å². The Morgan fingerprint density at radius 2 is 2.00 bits per heavy atom. The second kappa shape index (κ2) is 6.47. The van der Waals surface area contributed by atoms with Crippen LogP contribution in [0.5, 0.6) is 0 Å². The Morgan fingerprint density at radius 3 is 2.63 bits per heavy atom. The van der Waals surface area contributed by atoms with Gasteiger partial charge in [-0.3, -0.25) is 0 Å². The minimum atomic E-state index is 0.0368. The SMILES string of the molecule is Cc1cc(Br)c(NCC2(CO)CCCCC2)cc1Cl. The maximum Gasteiger partial charge on any atom is 0.0504 e. The first-order valence-electron chi connectivity index (χ1n) is 6.87. The van der Waals surface area contributed by atoms with Gasteiger partial charge in [-0.25, -0.2) is 0 Å². The van der Waals surface area contributed by atoms with Gasteiger partial charge in [0.15, 0.2) is 0 Å². The van der Waals surface area contributed by atoms with Gasteiger partial charge in [-0.2, -0.15) is 0 Å². The van der Waals surface area contributed by atoms with Crippen molar-refractivity contribution < 1.29 is 5.11 Å². The van der Waals surface area contributed by atoms with E-state index in [1.165, 1.54) is 19.3 Å². The molecule has 19 heavy (non-hydrogen) atoms. The molecule has 0 bridgehead atoms. The number of hydrogen-bond acceptors (Lipinski definition) is 2. The van der Waals surface area contributed by atoms with Crippen molar-refractivity contribution in [2.45, 2.75) is 39.0 Å². The van der Waals surface area contributed by atoms with Crippen LogP contribution in [-0.4, -0.2) is 18.3 Å². The lowest BCUT2D eigenvalue weighted by atomic mass is 9.74. The summed E-state index contributed by atoms with van der Waals surface area (Å²) in [6, 6.07) is 3.98. The summed E-state index contributed by atoms with van der Waals surface area (Å²) in [5.41, 5.74) is 2.11. The summed E-state index contributed by atoms with van der Waals surface area (Å²) in [4.78, 5) is 0. The fourth-order valence-corrected chi connectivity index (χ4v) is 3.52. The zero-order chi connectivity index (χ0) is 13.9. The smallest absolute Gasteiger partial charge is 0.0504 e. The highest BCUT2D eigenvalue weighted by atomic mass is 79.9. The monoisotopic (exact) mass is 345 g/mol. The molecule has 0 unspecified atom stereocenters.